The number of amidine groups is 2. The Bertz CT molecular complexity index is 1220. The van der Waals surface area contributed by atoms with E-state index in [1.807, 2.05) is 12.1 Å². The molecule has 0 spiro atoms. The zero-order valence-corrected chi connectivity index (χ0v) is 16.7. The summed E-state index contributed by atoms with van der Waals surface area (Å²) >= 11 is 0. The van der Waals surface area contributed by atoms with Crippen molar-refractivity contribution in [3.8, 4) is 0 Å². The van der Waals surface area contributed by atoms with Gasteiger partial charge in [-0.2, -0.15) is 0 Å². The van der Waals surface area contributed by atoms with Gasteiger partial charge in [0.1, 0.15) is 23.3 Å². The number of aromatic amines is 2. The van der Waals surface area contributed by atoms with Crippen molar-refractivity contribution in [1.82, 2.24) is 30.6 Å². The lowest BCUT2D eigenvalue weighted by Gasteiger charge is -2.04. The van der Waals surface area contributed by atoms with Gasteiger partial charge >= 0.3 is 0 Å². The predicted molar refractivity (Wildman–Crippen MR) is 119 cm³/mol. The molecule has 0 unspecified atom stereocenters. The van der Waals surface area contributed by atoms with Crippen LogP contribution >= 0.6 is 0 Å². The van der Waals surface area contributed by atoms with Gasteiger partial charge in [0.05, 0.1) is 41.1 Å². The molecule has 0 radical (unpaired) electrons. The van der Waals surface area contributed by atoms with Crippen LogP contribution in [0.3, 0.4) is 0 Å². The number of aliphatic imine (C=N–C) groups is 2. The number of hydrogen-bond acceptors (Lipinski definition) is 6. The van der Waals surface area contributed by atoms with Gasteiger partial charge in [-0.1, -0.05) is 0 Å². The van der Waals surface area contributed by atoms with Gasteiger partial charge in [0, 0.05) is 24.2 Å². The second kappa shape index (κ2) is 6.69. The summed E-state index contributed by atoms with van der Waals surface area (Å²) in [6.45, 7) is 5.57. The molecule has 2 aromatic carbocycles. The molecule has 0 amide bonds. The molecule has 150 valence electrons. The van der Waals surface area contributed by atoms with Crippen molar-refractivity contribution in [2.45, 2.75) is 12.8 Å². The Kier molecular flexibility index (Phi) is 3.83. The molecule has 30 heavy (non-hydrogen) atoms. The molecule has 2 aliphatic rings. The van der Waals surface area contributed by atoms with Crippen molar-refractivity contribution in [2.75, 3.05) is 26.2 Å². The van der Waals surface area contributed by atoms with E-state index in [1.54, 1.807) is 0 Å². The Labute approximate surface area is 173 Å². The lowest BCUT2D eigenvalue weighted by atomic mass is 10.1. The summed E-state index contributed by atoms with van der Waals surface area (Å²) in [5.41, 5.74) is 6.08. The Morgan fingerprint density at radius 1 is 0.733 bits per heavy atom. The predicted octanol–water partition coefficient (Wildman–Crippen LogP) is 2.29. The van der Waals surface area contributed by atoms with E-state index in [9.17, 15) is 0 Å². The minimum Gasteiger partial charge on any atom is -0.368 e. The summed E-state index contributed by atoms with van der Waals surface area (Å²) in [4.78, 5) is 25.6. The highest BCUT2D eigenvalue weighted by molar-refractivity contribution is 6.02. The highest BCUT2D eigenvalue weighted by atomic mass is 15.1. The number of benzene rings is 2. The summed E-state index contributed by atoms with van der Waals surface area (Å²) < 4.78 is 0. The number of imidazole rings is 2. The van der Waals surface area contributed by atoms with Crippen LogP contribution in [0.2, 0.25) is 0 Å². The summed E-state index contributed by atoms with van der Waals surface area (Å²) in [6.07, 6.45) is 0. The molecule has 6 rings (SSSR count). The summed E-state index contributed by atoms with van der Waals surface area (Å²) in [5, 5.41) is 6.64. The molecule has 4 aromatic rings. The maximum atomic E-state index is 4.80. The average molecular weight is 398 g/mol. The van der Waals surface area contributed by atoms with E-state index in [0.29, 0.717) is 0 Å². The first-order valence-corrected chi connectivity index (χ1v) is 10.3. The third-order valence-corrected chi connectivity index (χ3v) is 5.72. The molecule has 0 atom stereocenters. The first-order valence-electron chi connectivity index (χ1n) is 10.3. The van der Waals surface area contributed by atoms with Crippen molar-refractivity contribution in [3.05, 3.63) is 59.2 Å². The first-order chi connectivity index (χ1) is 14.7. The topological polar surface area (TPSA) is 106 Å². The van der Waals surface area contributed by atoms with E-state index in [2.05, 4.69) is 61.8 Å². The van der Waals surface area contributed by atoms with Crippen LogP contribution in [0.15, 0.2) is 46.4 Å². The second-order valence-electron chi connectivity index (χ2n) is 7.74. The molecule has 0 aliphatic carbocycles. The minimum atomic E-state index is 0.0144. The Hall–Kier alpha value is -3.68. The Morgan fingerprint density at radius 3 is 1.67 bits per heavy atom. The maximum Gasteiger partial charge on any atom is 0.128 e. The molecule has 8 heteroatoms. The molecule has 2 aliphatic heterocycles. The molecule has 0 bridgehead atoms. The maximum absolute atomic E-state index is 4.80. The van der Waals surface area contributed by atoms with Gasteiger partial charge < -0.3 is 20.6 Å². The van der Waals surface area contributed by atoms with Crippen LogP contribution in [-0.4, -0.2) is 57.8 Å². The molecule has 4 heterocycles. The average Bonchev–Trinajstić information content (AvgIpc) is 3.56. The molecular weight excluding hydrogens is 376 g/mol. The van der Waals surface area contributed by atoms with E-state index in [0.717, 1.165) is 82.7 Å². The van der Waals surface area contributed by atoms with Crippen molar-refractivity contribution in [1.29, 1.82) is 0 Å². The normalized spacial score (nSPS) is 16.2. The number of rotatable bonds is 4. The van der Waals surface area contributed by atoms with Gasteiger partial charge in [0.2, 0.25) is 0 Å². The number of fused-ring (bicyclic) bond motifs is 2. The van der Waals surface area contributed by atoms with Crippen LogP contribution in [0, 0.1) is 0 Å². The van der Waals surface area contributed by atoms with E-state index < -0.39 is 0 Å². The first kappa shape index (κ1) is 17.2. The number of nitrogens with zero attached hydrogens (tertiary/aromatic N) is 4. The van der Waals surface area contributed by atoms with Gasteiger partial charge in [-0.3, -0.25) is 9.98 Å². The third-order valence-electron chi connectivity index (χ3n) is 5.72. The van der Waals surface area contributed by atoms with Crippen LogP contribution in [0.4, 0.5) is 0 Å². The van der Waals surface area contributed by atoms with Gasteiger partial charge in [0.25, 0.3) is 0 Å². The molecular formula is C22H22N8. The van der Waals surface area contributed by atoms with E-state index >= 15 is 0 Å². The van der Waals surface area contributed by atoms with Gasteiger partial charge in [-0.05, 0) is 43.3 Å². The highest BCUT2D eigenvalue weighted by Crippen LogP contribution is 2.25. The second-order valence-corrected chi connectivity index (χ2v) is 7.74. The molecule has 0 saturated heterocycles. The molecule has 4 N–H and O–H groups in total. The smallest absolute Gasteiger partial charge is 0.128 e. The molecule has 0 fully saturated rings. The van der Waals surface area contributed by atoms with Gasteiger partial charge in [-0.15, -0.1) is 0 Å². The van der Waals surface area contributed by atoms with E-state index in [-0.39, 0.29) is 5.92 Å². The Balaban J connectivity index is 1.33. The molecule has 2 aromatic heterocycles. The SMILES string of the molecule is CC(c1nc2ccc(C3=NCCN3)cc2[nH]1)c1nc2ccc(C3=NCCN3)cc2[nH]1. The van der Waals surface area contributed by atoms with Crippen LogP contribution in [-0.2, 0) is 0 Å². The van der Waals surface area contributed by atoms with Crippen molar-refractivity contribution >= 4 is 33.7 Å². The lowest BCUT2D eigenvalue weighted by molar-refractivity contribution is 0.790. The van der Waals surface area contributed by atoms with Crippen LogP contribution < -0.4 is 10.6 Å². The summed E-state index contributed by atoms with van der Waals surface area (Å²) in [7, 11) is 0. The van der Waals surface area contributed by atoms with E-state index in [1.165, 1.54) is 0 Å². The molecule has 0 saturated carbocycles. The zero-order valence-electron chi connectivity index (χ0n) is 16.7. The number of hydrogen-bond donors (Lipinski definition) is 4. The summed E-state index contributed by atoms with van der Waals surface area (Å²) in [5.74, 6) is 3.71. The largest absolute Gasteiger partial charge is 0.368 e. The fourth-order valence-electron chi connectivity index (χ4n) is 4.08. The summed E-state index contributed by atoms with van der Waals surface area (Å²) in [6, 6.07) is 12.4. The lowest BCUT2D eigenvalue weighted by Crippen LogP contribution is -2.19. The minimum absolute atomic E-state index is 0.0144. The van der Waals surface area contributed by atoms with Gasteiger partial charge in [0.15, 0.2) is 0 Å². The fraction of sp³-hybridized carbons (Fsp3) is 0.273. The van der Waals surface area contributed by atoms with Gasteiger partial charge in [-0.25, -0.2) is 9.97 Å². The fourth-order valence-corrected chi connectivity index (χ4v) is 4.08. The number of H-pyrrole nitrogens is 2. The van der Waals surface area contributed by atoms with Crippen molar-refractivity contribution in [2.24, 2.45) is 9.98 Å². The monoisotopic (exact) mass is 398 g/mol. The number of aromatic nitrogens is 4. The van der Waals surface area contributed by atoms with Crippen molar-refractivity contribution < 1.29 is 0 Å². The third kappa shape index (κ3) is 2.83. The zero-order chi connectivity index (χ0) is 20.1. The van der Waals surface area contributed by atoms with Crippen molar-refractivity contribution in [3.63, 3.8) is 0 Å². The Morgan fingerprint density at radius 2 is 1.23 bits per heavy atom. The van der Waals surface area contributed by atoms with Crippen LogP contribution in [0.1, 0.15) is 35.6 Å². The van der Waals surface area contributed by atoms with Crippen LogP contribution in [0.5, 0.6) is 0 Å². The van der Waals surface area contributed by atoms with Crippen LogP contribution in [0.25, 0.3) is 22.1 Å². The molecule has 8 nitrogen and oxygen atoms in total. The standard InChI is InChI=1S/C22H22N8/c1-12(19-27-15-4-2-13(10-17(15)29-19)21-23-6-7-24-21)20-28-16-5-3-14(11-18(16)30-20)22-25-8-9-26-22/h2-5,10-12H,6-9H2,1H3,(H,23,24)(H,25,26)(H,27,29)(H,28,30). The highest BCUT2D eigenvalue weighted by Gasteiger charge is 2.19. The number of nitrogens with one attached hydrogen (secondary N) is 4. The van der Waals surface area contributed by atoms with E-state index in [4.69, 9.17) is 9.97 Å². The quantitative estimate of drug-likeness (QED) is 0.423.